The summed E-state index contributed by atoms with van der Waals surface area (Å²) in [7, 11) is 0. The maximum absolute atomic E-state index is 12.3. The Morgan fingerprint density at radius 1 is 1.32 bits per heavy atom. The van der Waals surface area contributed by atoms with Crippen molar-refractivity contribution in [2.45, 2.75) is 39.5 Å². The molecule has 0 spiro atoms. The van der Waals surface area contributed by atoms with E-state index in [1.165, 1.54) is 0 Å². The average molecular weight is 302 g/mol. The van der Waals surface area contributed by atoms with Crippen molar-refractivity contribution in [3.05, 3.63) is 46.8 Å². The molecular formula is C17H22N2O3. The Balaban J connectivity index is 1.86. The van der Waals surface area contributed by atoms with Crippen molar-refractivity contribution in [3.63, 3.8) is 0 Å². The number of rotatable bonds is 6. The third-order valence-electron chi connectivity index (χ3n) is 3.50. The van der Waals surface area contributed by atoms with Crippen LogP contribution in [0.4, 0.5) is 0 Å². The van der Waals surface area contributed by atoms with Crippen molar-refractivity contribution < 1.29 is 14.4 Å². The maximum atomic E-state index is 12.3. The van der Waals surface area contributed by atoms with Crippen molar-refractivity contribution in [3.8, 4) is 5.75 Å². The Hall–Kier alpha value is -2.30. The van der Waals surface area contributed by atoms with Gasteiger partial charge in [-0.3, -0.25) is 4.79 Å². The number of nitrogens with one attached hydrogen (secondary N) is 1. The fourth-order valence-electron chi connectivity index (χ4n) is 2.30. The highest BCUT2D eigenvalue weighted by Gasteiger charge is 2.21. The van der Waals surface area contributed by atoms with Crippen LogP contribution in [0.25, 0.3) is 0 Å². The van der Waals surface area contributed by atoms with Gasteiger partial charge in [0.25, 0.3) is 5.91 Å². The molecule has 1 aromatic heterocycles. The van der Waals surface area contributed by atoms with Gasteiger partial charge in [0.1, 0.15) is 11.3 Å². The smallest absolute Gasteiger partial charge is 0.256 e. The second-order valence-electron chi connectivity index (χ2n) is 5.69. The van der Waals surface area contributed by atoms with Gasteiger partial charge in [-0.25, -0.2) is 0 Å². The molecule has 0 atom stereocenters. The molecule has 0 saturated heterocycles. The molecule has 1 heterocycles. The molecule has 2 N–H and O–H groups in total. The lowest BCUT2D eigenvalue weighted by Crippen LogP contribution is -2.26. The summed E-state index contributed by atoms with van der Waals surface area (Å²) in [5, 5.41) is 16.0. The van der Waals surface area contributed by atoms with Crippen LogP contribution in [0.2, 0.25) is 0 Å². The van der Waals surface area contributed by atoms with Crippen molar-refractivity contribution in [1.82, 2.24) is 10.5 Å². The Morgan fingerprint density at radius 2 is 2.00 bits per heavy atom. The Morgan fingerprint density at radius 3 is 2.64 bits per heavy atom. The third kappa shape index (κ3) is 3.87. The minimum atomic E-state index is -0.131. The molecule has 0 fully saturated rings. The molecule has 1 amide bonds. The van der Waals surface area contributed by atoms with Gasteiger partial charge < -0.3 is 14.9 Å². The third-order valence-corrected chi connectivity index (χ3v) is 3.50. The van der Waals surface area contributed by atoms with Gasteiger partial charge in [0.05, 0.1) is 5.69 Å². The predicted molar refractivity (Wildman–Crippen MR) is 84.1 cm³/mol. The first-order valence-corrected chi connectivity index (χ1v) is 7.51. The largest absolute Gasteiger partial charge is 0.508 e. The molecule has 0 bridgehead atoms. The number of hydrogen-bond donors (Lipinski definition) is 2. The van der Waals surface area contributed by atoms with Crippen LogP contribution in [0.1, 0.15) is 53.6 Å². The number of phenols is 1. The van der Waals surface area contributed by atoms with E-state index in [9.17, 15) is 9.90 Å². The fraction of sp³-hybridized carbons (Fsp3) is 0.412. The van der Waals surface area contributed by atoms with Gasteiger partial charge in [-0.15, -0.1) is 0 Å². The van der Waals surface area contributed by atoms with E-state index >= 15 is 0 Å². The standard InChI is InChI=1S/C17H22N2O3/c1-11(2)16-15(12(3)19-22-16)17(21)18-10-4-5-13-6-8-14(20)9-7-13/h6-9,11,20H,4-5,10H2,1-3H3,(H,18,21). The number of aryl methyl sites for hydroxylation is 2. The molecule has 0 unspecified atom stereocenters. The van der Waals surface area contributed by atoms with Gasteiger partial charge >= 0.3 is 0 Å². The summed E-state index contributed by atoms with van der Waals surface area (Å²) < 4.78 is 5.23. The van der Waals surface area contributed by atoms with Crippen LogP contribution in [0.15, 0.2) is 28.8 Å². The van der Waals surface area contributed by atoms with E-state index in [1.54, 1.807) is 19.1 Å². The lowest BCUT2D eigenvalue weighted by Gasteiger charge is -2.07. The van der Waals surface area contributed by atoms with Crippen LogP contribution < -0.4 is 5.32 Å². The van der Waals surface area contributed by atoms with Crippen molar-refractivity contribution in [2.75, 3.05) is 6.54 Å². The number of carbonyl (C=O) groups is 1. The van der Waals surface area contributed by atoms with E-state index in [1.807, 2.05) is 26.0 Å². The number of nitrogens with zero attached hydrogens (tertiary/aromatic N) is 1. The van der Waals surface area contributed by atoms with Gasteiger partial charge in [-0.1, -0.05) is 31.1 Å². The topological polar surface area (TPSA) is 75.4 Å². The fourth-order valence-corrected chi connectivity index (χ4v) is 2.30. The summed E-state index contributed by atoms with van der Waals surface area (Å²) in [6.45, 7) is 6.31. The number of phenolic OH excluding ortho intramolecular Hbond substituents is 1. The highest BCUT2D eigenvalue weighted by molar-refractivity contribution is 5.96. The molecule has 0 aliphatic carbocycles. The minimum Gasteiger partial charge on any atom is -0.508 e. The maximum Gasteiger partial charge on any atom is 0.256 e. The zero-order valence-corrected chi connectivity index (χ0v) is 13.2. The lowest BCUT2D eigenvalue weighted by molar-refractivity contribution is 0.0950. The Labute approximate surface area is 130 Å². The van der Waals surface area contributed by atoms with E-state index in [0.29, 0.717) is 23.6 Å². The summed E-state index contributed by atoms with van der Waals surface area (Å²) in [6, 6.07) is 7.11. The van der Waals surface area contributed by atoms with Gasteiger partial charge in [0.15, 0.2) is 5.76 Å². The zero-order chi connectivity index (χ0) is 16.1. The molecular weight excluding hydrogens is 280 g/mol. The quantitative estimate of drug-likeness (QED) is 0.804. The zero-order valence-electron chi connectivity index (χ0n) is 13.2. The molecule has 2 rings (SSSR count). The minimum absolute atomic E-state index is 0.124. The summed E-state index contributed by atoms with van der Waals surface area (Å²) in [4.78, 5) is 12.3. The molecule has 5 nitrogen and oxygen atoms in total. The normalized spacial score (nSPS) is 10.9. The molecule has 22 heavy (non-hydrogen) atoms. The molecule has 118 valence electrons. The van der Waals surface area contributed by atoms with Crippen LogP contribution in [0.3, 0.4) is 0 Å². The molecule has 5 heteroatoms. The van der Waals surface area contributed by atoms with Crippen molar-refractivity contribution in [2.24, 2.45) is 0 Å². The van der Waals surface area contributed by atoms with Gasteiger partial charge in [0, 0.05) is 12.5 Å². The van der Waals surface area contributed by atoms with Crippen LogP contribution >= 0.6 is 0 Å². The number of benzene rings is 1. The highest BCUT2D eigenvalue weighted by atomic mass is 16.5. The molecule has 0 aliphatic heterocycles. The second-order valence-corrected chi connectivity index (χ2v) is 5.69. The number of aromatic hydroxyl groups is 1. The molecule has 2 aromatic rings. The molecule has 1 aromatic carbocycles. The molecule has 0 saturated carbocycles. The summed E-state index contributed by atoms with van der Waals surface area (Å²) in [5.74, 6) is 0.891. The first-order valence-electron chi connectivity index (χ1n) is 7.51. The Kier molecular flexibility index (Phi) is 5.20. The number of hydrogen-bond acceptors (Lipinski definition) is 4. The van der Waals surface area contributed by atoms with E-state index in [2.05, 4.69) is 10.5 Å². The van der Waals surface area contributed by atoms with Crippen molar-refractivity contribution in [1.29, 1.82) is 0 Å². The molecule has 0 aliphatic rings. The van der Waals surface area contributed by atoms with Gasteiger partial charge in [0.2, 0.25) is 0 Å². The first kappa shape index (κ1) is 16.1. The van der Waals surface area contributed by atoms with Crippen LogP contribution in [0, 0.1) is 6.92 Å². The average Bonchev–Trinajstić information content (AvgIpc) is 2.87. The number of carbonyl (C=O) groups excluding carboxylic acids is 1. The van der Waals surface area contributed by atoms with E-state index < -0.39 is 0 Å². The summed E-state index contributed by atoms with van der Waals surface area (Å²) in [5.41, 5.74) is 2.32. The highest BCUT2D eigenvalue weighted by Crippen LogP contribution is 2.22. The number of amides is 1. The van der Waals surface area contributed by atoms with Crippen LogP contribution in [-0.2, 0) is 6.42 Å². The van der Waals surface area contributed by atoms with Crippen molar-refractivity contribution >= 4 is 5.91 Å². The summed E-state index contributed by atoms with van der Waals surface area (Å²) >= 11 is 0. The lowest BCUT2D eigenvalue weighted by atomic mass is 10.0. The first-order chi connectivity index (χ1) is 10.5. The Bertz CT molecular complexity index is 630. The van der Waals surface area contributed by atoms with E-state index in [4.69, 9.17) is 4.52 Å². The second kappa shape index (κ2) is 7.11. The van der Waals surface area contributed by atoms with Gasteiger partial charge in [-0.05, 0) is 37.5 Å². The monoisotopic (exact) mass is 302 g/mol. The predicted octanol–water partition coefficient (Wildman–Crippen LogP) is 3.17. The van der Waals surface area contributed by atoms with E-state index in [-0.39, 0.29) is 17.6 Å². The summed E-state index contributed by atoms with van der Waals surface area (Å²) in [6.07, 6.45) is 1.68. The van der Waals surface area contributed by atoms with Gasteiger partial charge in [-0.2, -0.15) is 0 Å². The number of aromatic nitrogens is 1. The molecule has 0 radical (unpaired) electrons. The van der Waals surface area contributed by atoms with Crippen LogP contribution in [-0.4, -0.2) is 22.7 Å². The SMILES string of the molecule is Cc1noc(C(C)C)c1C(=O)NCCCc1ccc(O)cc1. The van der Waals surface area contributed by atoms with Crippen LogP contribution in [0.5, 0.6) is 5.75 Å². The van der Waals surface area contributed by atoms with E-state index in [0.717, 1.165) is 18.4 Å².